The van der Waals surface area contributed by atoms with Crippen LogP contribution >= 0.6 is 0 Å². The van der Waals surface area contributed by atoms with E-state index < -0.39 is 0 Å². The predicted molar refractivity (Wildman–Crippen MR) is 110 cm³/mol. The first kappa shape index (κ1) is 20.2. The van der Waals surface area contributed by atoms with E-state index in [1.807, 2.05) is 6.92 Å². The molecule has 3 rings (SSSR count). The Bertz CT molecular complexity index is 937. The van der Waals surface area contributed by atoms with Gasteiger partial charge in [0.25, 0.3) is 0 Å². The average Bonchev–Trinajstić information content (AvgIpc) is 3.04. The molecule has 0 unspecified atom stereocenters. The normalized spacial score (nSPS) is 11.4. The summed E-state index contributed by atoms with van der Waals surface area (Å²) >= 11 is 0. The highest BCUT2D eigenvalue weighted by atomic mass is 16.5. The number of aromatic nitrogens is 3. The summed E-state index contributed by atoms with van der Waals surface area (Å²) in [5, 5.41) is 4.39. The molecule has 2 aromatic heterocycles. The molecule has 0 spiro atoms. The summed E-state index contributed by atoms with van der Waals surface area (Å²) in [4.78, 5) is 11.4. The molecule has 3 aromatic rings. The Labute approximate surface area is 165 Å². The van der Waals surface area contributed by atoms with Crippen LogP contribution in [-0.2, 0) is 9.47 Å². The fourth-order valence-electron chi connectivity index (χ4n) is 3.59. The van der Waals surface area contributed by atoms with Crippen LogP contribution in [0.4, 0.5) is 5.82 Å². The van der Waals surface area contributed by atoms with Crippen molar-refractivity contribution in [3.63, 3.8) is 0 Å². The Hall–Kier alpha value is -2.51. The zero-order chi connectivity index (χ0) is 20.3. The zero-order valence-electron chi connectivity index (χ0n) is 17.5. The smallest absolute Gasteiger partial charge is 0.228 e. The van der Waals surface area contributed by atoms with E-state index in [1.54, 1.807) is 14.2 Å². The van der Waals surface area contributed by atoms with Crippen molar-refractivity contribution in [2.75, 3.05) is 45.4 Å². The standard InChI is InChI=1S/C21H28N4O3/c1-13-11-14(2)17(15(3)12-13)18-19-20(28-24-18)21(23-16(4)22-19)25(7-9-26-5)8-10-27-6/h11-12H,7-10H2,1-6H3. The van der Waals surface area contributed by atoms with Gasteiger partial charge in [-0.05, 0) is 38.8 Å². The highest BCUT2D eigenvalue weighted by Crippen LogP contribution is 2.35. The third-order valence-electron chi connectivity index (χ3n) is 4.76. The summed E-state index contributed by atoms with van der Waals surface area (Å²) in [5.41, 5.74) is 6.68. The molecule has 0 N–H and O–H groups in total. The van der Waals surface area contributed by atoms with E-state index in [0.717, 1.165) is 33.7 Å². The van der Waals surface area contributed by atoms with Crippen molar-refractivity contribution in [1.82, 2.24) is 15.1 Å². The highest BCUT2D eigenvalue weighted by molar-refractivity contribution is 5.95. The summed E-state index contributed by atoms with van der Waals surface area (Å²) in [7, 11) is 3.37. The number of anilines is 1. The first-order valence-corrected chi connectivity index (χ1v) is 9.41. The molecule has 1 aromatic carbocycles. The lowest BCUT2D eigenvalue weighted by Crippen LogP contribution is -2.31. The molecule has 7 nitrogen and oxygen atoms in total. The van der Waals surface area contributed by atoms with Gasteiger partial charge in [-0.1, -0.05) is 22.9 Å². The fourth-order valence-corrected chi connectivity index (χ4v) is 3.59. The second-order valence-corrected chi connectivity index (χ2v) is 7.05. The average molecular weight is 384 g/mol. The van der Waals surface area contributed by atoms with Crippen molar-refractivity contribution in [1.29, 1.82) is 0 Å². The lowest BCUT2D eigenvalue weighted by Gasteiger charge is -2.23. The Morgan fingerprint density at radius 3 is 2.11 bits per heavy atom. The Kier molecular flexibility index (Phi) is 6.26. The molecule has 0 aliphatic carbocycles. The third kappa shape index (κ3) is 4.00. The van der Waals surface area contributed by atoms with E-state index in [-0.39, 0.29) is 0 Å². The molecule has 2 heterocycles. The fraction of sp³-hybridized carbons (Fsp3) is 0.476. The minimum absolute atomic E-state index is 0.575. The number of aryl methyl sites for hydroxylation is 4. The van der Waals surface area contributed by atoms with Crippen LogP contribution in [0.2, 0.25) is 0 Å². The number of hydrogen-bond acceptors (Lipinski definition) is 7. The number of nitrogens with zero attached hydrogens (tertiary/aromatic N) is 4. The second kappa shape index (κ2) is 8.67. The maximum absolute atomic E-state index is 5.77. The Balaban J connectivity index is 2.15. The van der Waals surface area contributed by atoms with Crippen LogP contribution < -0.4 is 4.90 Å². The molecule has 0 saturated heterocycles. The molecule has 0 aliphatic heterocycles. The van der Waals surface area contributed by atoms with Crippen molar-refractivity contribution in [3.05, 3.63) is 34.6 Å². The summed E-state index contributed by atoms with van der Waals surface area (Å²) < 4.78 is 16.3. The van der Waals surface area contributed by atoms with Gasteiger partial charge in [0, 0.05) is 32.9 Å². The summed E-state index contributed by atoms with van der Waals surface area (Å²) in [6.45, 7) is 10.7. The minimum Gasteiger partial charge on any atom is -0.383 e. The SMILES string of the molecule is COCCN(CCOC)c1nc(C)nc2c(-c3c(C)cc(C)cc3C)noc12. The van der Waals surface area contributed by atoms with E-state index in [1.165, 1.54) is 5.56 Å². The molecule has 0 fully saturated rings. The predicted octanol–water partition coefficient (Wildman–Crippen LogP) is 3.62. The van der Waals surface area contributed by atoms with E-state index in [2.05, 4.69) is 52.9 Å². The van der Waals surface area contributed by atoms with E-state index in [0.29, 0.717) is 37.7 Å². The molecule has 150 valence electrons. The Morgan fingerprint density at radius 1 is 0.929 bits per heavy atom. The van der Waals surface area contributed by atoms with Gasteiger partial charge in [0.2, 0.25) is 5.58 Å². The zero-order valence-corrected chi connectivity index (χ0v) is 17.5. The van der Waals surface area contributed by atoms with E-state index in [9.17, 15) is 0 Å². The largest absolute Gasteiger partial charge is 0.383 e. The van der Waals surface area contributed by atoms with E-state index >= 15 is 0 Å². The number of benzene rings is 1. The summed E-state index contributed by atoms with van der Waals surface area (Å²) in [5.74, 6) is 1.40. The van der Waals surface area contributed by atoms with Crippen molar-refractivity contribution in [2.45, 2.75) is 27.7 Å². The highest BCUT2D eigenvalue weighted by Gasteiger charge is 2.23. The van der Waals surface area contributed by atoms with Gasteiger partial charge < -0.3 is 18.9 Å². The van der Waals surface area contributed by atoms with Gasteiger partial charge in [-0.25, -0.2) is 9.97 Å². The molecular weight excluding hydrogens is 356 g/mol. The lowest BCUT2D eigenvalue weighted by atomic mass is 9.97. The van der Waals surface area contributed by atoms with Gasteiger partial charge in [-0.3, -0.25) is 0 Å². The van der Waals surface area contributed by atoms with Gasteiger partial charge in [0.15, 0.2) is 5.82 Å². The molecule has 0 atom stereocenters. The first-order valence-electron chi connectivity index (χ1n) is 9.41. The van der Waals surface area contributed by atoms with Crippen molar-refractivity contribution in [2.24, 2.45) is 0 Å². The Morgan fingerprint density at radius 2 is 1.54 bits per heavy atom. The number of hydrogen-bond donors (Lipinski definition) is 0. The van der Waals surface area contributed by atoms with Gasteiger partial charge in [0.05, 0.1) is 13.2 Å². The number of rotatable bonds is 8. The van der Waals surface area contributed by atoms with Crippen molar-refractivity contribution < 1.29 is 14.0 Å². The molecule has 28 heavy (non-hydrogen) atoms. The minimum atomic E-state index is 0.575. The molecule has 0 bridgehead atoms. The number of fused-ring (bicyclic) bond motifs is 1. The quantitative estimate of drug-likeness (QED) is 0.587. The number of methoxy groups -OCH3 is 2. The first-order chi connectivity index (χ1) is 13.5. The van der Waals surface area contributed by atoms with Crippen LogP contribution in [0.1, 0.15) is 22.5 Å². The lowest BCUT2D eigenvalue weighted by molar-refractivity contribution is 0.190. The molecule has 0 amide bonds. The van der Waals surface area contributed by atoms with Crippen LogP contribution in [0.5, 0.6) is 0 Å². The van der Waals surface area contributed by atoms with Gasteiger partial charge in [-0.15, -0.1) is 0 Å². The second-order valence-electron chi connectivity index (χ2n) is 7.05. The van der Waals surface area contributed by atoms with Crippen LogP contribution in [0.25, 0.3) is 22.4 Å². The molecule has 7 heteroatoms. The van der Waals surface area contributed by atoms with E-state index in [4.69, 9.17) is 14.0 Å². The van der Waals surface area contributed by atoms with Crippen LogP contribution in [0.15, 0.2) is 16.7 Å². The van der Waals surface area contributed by atoms with Crippen LogP contribution in [0.3, 0.4) is 0 Å². The van der Waals surface area contributed by atoms with Crippen LogP contribution in [-0.4, -0.2) is 55.6 Å². The van der Waals surface area contributed by atoms with Crippen molar-refractivity contribution in [3.8, 4) is 11.3 Å². The molecular formula is C21H28N4O3. The molecule has 0 radical (unpaired) electrons. The molecule has 0 aliphatic rings. The summed E-state index contributed by atoms with van der Waals surface area (Å²) in [6.07, 6.45) is 0. The van der Waals surface area contributed by atoms with Gasteiger partial charge >= 0.3 is 0 Å². The maximum Gasteiger partial charge on any atom is 0.228 e. The number of ether oxygens (including phenoxy) is 2. The van der Waals surface area contributed by atoms with Crippen LogP contribution in [0, 0.1) is 27.7 Å². The third-order valence-corrected chi connectivity index (χ3v) is 4.76. The molecule has 0 saturated carbocycles. The maximum atomic E-state index is 5.77. The monoisotopic (exact) mass is 384 g/mol. The van der Waals surface area contributed by atoms with Gasteiger partial charge in [-0.2, -0.15) is 0 Å². The van der Waals surface area contributed by atoms with Gasteiger partial charge in [0.1, 0.15) is 17.0 Å². The van der Waals surface area contributed by atoms with Crippen molar-refractivity contribution >= 4 is 16.9 Å². The summed E-state index contributed by atoms with van der Waals surface area (Å²) in [6, 6.07) is 4.31. The topological polar surface area (TPSA) is 73.5 Å².